The van der Waals surface area contributed by atoms with Gasteiger partial charge >= 0.3 is 5.97 Å². The third-order valence-corrected chi connectivity index (χ3v) is 5.51. The molecule has 0 atom stereocenters. The van der Waals surface area contributed by atoms with Gasteiger partial charge in [0.05, 0.1) is 42.0 Å². The molecule has 0 spiro atoms. The van der Waals surface area contributed by atoms with Gasteiger partial charge in [-0.1, -0.05) is 19.9 Å². The molecule has 4 rings (SSSR count). The van der Waals surface area contributed by atoms with Crippen LogP contribution in [0.1, 0.15) is 49.4 Å². The molecule has 0 aliphatic carbocycles. The summed E-state index contributed by atoms with van der Waals surface area (Å²) in [6, 6.07) is 5.51. The minimum Gasteiger partial charge on any atom is -0.494 e. The molecule has 12 heteroatoms. The normalized spacial score (nSPS) is 10.4. The number of rotatable bonds is 9. The lowest BCUT2D eigenvalue weighted by atomic mass is 10.1. The van der Waals surface area contributed by atoms with E-state index in [0.29, 0.717) is 28.8 Å². The third kappa shape index (κ3) is 5.90. The van der Waals surface area contributed by atoms with Crippen molar-refractivity contribution in [1.82, 2.24) is 34.5 Å². The summed E-state index contributed by atoms with van der Waals surface area (Å²) in [5.74, 6) is 1.02. The SMILES string of the molecule is CC.CCOC(=O)c1cnc(Nc2c(C)nn(CC)c2C)nc1Nc1cccc(-c2ncn(C)n2)c1OC. The average Bonchev–Trinajstić information content (AvgIpc) is 3.47. The minimum atomic E-state index is -0.542. The molecule has 0 aliphatic heterocycles. The number of hydrogen-bond donors (Lipinski definition) is 2. The molecular weight excluding hydrogens is 486 g/mol. The van der Waals surface area contributed by atoms with E-state index in [4.69, 9.17) is 9.47 Å². The monoisotopic (exact) mass is 521 g/mol. The first-order valence-corrected chi connectivity index (χ1v) is 12.5. The quantitative estimate of drug-likeness (QED) is 0.296. The predicted molar refractivity (Wildman–Crippen MR) is 146 cm³/mol. The number of hydrogen-bond acceptors (Lipinski definition) is 10. The number of aromatic nitrogens is 7. The molecule has 0 unspecified atom stereocenters. The van der Waals surface area contributed by atoms with Crippen molar-refractivity contribution in [2.24, 2.45) is 7.05 Å². The summed E-state index contributed by atoms with van der Waals surface area (Å²) in [5, 5.41) is 15.4. The molecule has 0 aliphatic rings. The fourth-order valence-corrected chi connectivity index (χ4v) is 3.81. The Balaban J connectivity index is 0.00000195. The molecule has 38 heavy (non-hydrogen) atoms. The standard InChI is InChI=1S/C24H29N9O3.C2H6/c1-7-33-15(4)19(14(3)30-33)28-24-25-12-17(23(34)36-8-2)22(29-24)27-18-11-9-10-16(20(18)35-6)21-26-13-32(5)31-21;1-2/h9-13H,7-8H2,1-6H3,(H2,25,27,28,29);1-2H3. The Morgan fingerprint density at radius 2 is 1.84 bits per heavy atom. The van der Waals surface area contributed by atoms with Crippen LogP contribution in [0, 0.1) is 13.8 Å². The Labute approximate surface area is 222 Å². The van der Waals surface area contributed by atoms with Crippen molar-refractivity contribution in [3.63, 3.8) is 0 Å². The zero-order chi connectivity index (χ0) is 27.8. The first-order chi connectivity index (χ1) is 18.4. The number of nitrogens with zero attached hydrogens (tertiary/aromatic N) is 7. The van der Waals surface area contributed by atoms with Gasteiger partial charge < -0.3 is 20.1 Å². The van der Waals surface area contributed by atoms with Crippen molar-refractivity contribution < 1.29 is 14.3 Å². The highest BCUT2D eigenvalue weighted by atomic mass is 16.5. The van der Waals surface area contributed by atoms with E-state index in [1.54, 1.807) is 32.1 Å². The molecule has 0 radical (unpaired) electrons. The van der Waals surface area contributed by atoms with Crippen LogP contribution in [0.15, 0.2) is 30.7 Å². The van der Waals surface area contributed by atoms with Crippen LogP contribution in [0.4, 0.5) is 23.1 Å². The van der Waals surface area contributed by atoms with Gasteiger partial charge in [0.15, 0.2) is 17.4 Å². The molecule has 0 saturated carbocycles. The molecule has 0 fully saturated rings. The second-order valence-corrected chi connectivity index (χ2v) is 7.92. The molecule has 3 aromatic heterocycles. The van der Waals surface area contributed by atoms with Crippen LogP contribution in [0.5, 0.6) is 5.75 Å². The summed E-state index contributed by atoms with van der Waals surface area (Å²) in [6.45, 7) is 12.6. The van der Waals surface area contributed by atoms with Gasteiger partial charge in [-0.25, -0.2) is 14.8 Å². The highest BCUT2D eigenvalue weighted by Crippen LogP contribution is 2.37. The molecule has 1 aromatic carbocycles. The molecule has 0 amide bonds. The lowest BCUT2D eigenvalue weighted by Gasteiger charge is -2.16. The smallest absolute Gasteiger partial charge is 0.343 e. The zero-order valence-corrected chi connectivity index (χ0v) is 23.2. The Bertz CT molecular complexity index is 1390. The summed E-state index contributed by atoms with van der Waals surface area (Å²) < 4.78 is 14.4. The number of carbonyl (C=O) groups excluding carboxylic acids is 1. The molecule has 2 N–H and O–H groups in total. The topological polar surface area (TPSA) is 134 Å². The largest absolute Gasteiger partial charge is 0.494 e. The molecule has 12 nitrogen and oxygen atoms in total. The van der Waals surface area contributed by atoms with Crippen LogP contribution in [0.2, 0.25) is 0 Å². The molecule has 3 heterocycles. The van der Waals surface area contributed by atoms with Gasteiger partial charge in [0.2, 0.25) is 5.95 Å². The van der Waals surface area contributed by atoms with E-state index in [9.17, 15) is 4.79 Å². The average molecular weight is 522 g/mol. The fourth-order valence-electron chi connectivity index (χ4n) is 3.81. The van der Waals surface area contributed by atoms with Gasteiger partial charge in [-0.2, -0.15) is 15.2 Å². The van der Waals surface area contributed by atoms with Crippen molar-refractivity contribution in [2.45, 2.75) is 48.1 Å². The molecular formula is C26H35N9O3. The Morgan fingerprint density at radius 3 is 2.45 bits per heavy atom. The maximum absolute atomic E-state index is 12.7. The number of benzene rings is 1. The second kappa shape index (κ2) is 12.7. The van der Waals surface area contributed by atoms with E-state index < -0.39 is 5.97 Å². The minimum absolute atomic E-state index is 0.184. The number of carbonyl (C=O) groups is 1. The van der Waals surface area contributed by atoms with Crippen molar-refractivity contribution in [3.05, 3.63) is 47.7 Å². The van der Waals surface area contributed by atoms with Crippen molar-refractivity contribution >= 4 is 29.1 Å². The Hall–Kier alpha value is -4.48. The van der Waals surface area contributed by atoms with E-state index in [1.807, 2.05) is 57.5 Å². The van der Waals surface area contributed by atoms with E-state index in [2.05, 4.69) is 35.8 Å². The van der Waals surface area contributed by atoms with Gasteiger partial charge in [-0.05, 0) is 39.8 Å². The summed E-state index contributed by atoms with van der Waals surface area (Å²) >= 11 is 0. The van der Waals surface area contributed by atoms with Crippen LogP contribution in [-0.4, -0.2) is 54.2 Å². The van der Waals surface area contributed by atoms with E-state index in [1.165, 1.54) is 6.20 Å². The van der Waals surface area contributed by atoms with Crippen LogP contribution in [-0.2, 0) is 18.3 Å². The summed E-state index contributed by atoms with van der Waals surface area (Å²) in [7, 11) is 3.35. The molecule has 0 saturated heterocycles. The van der Waals surface area contributed by atoms with Gasteiger partial charge in [0.25, 0.3) is 0 Å². The van der Waals surface area contributed by atoms with Crippen LogP contribution < -0.4 is 15.4 Å². The number of para-hydroxylation sites is 1. The first kappa shape index (κ1) is 28.1. The first-order valence-electron chi connectivity index (χ1n) is 12.5. The molecule has 4 aromatic rings. The summed E-state index contributed by atoms with van der Waals surface area (Å²) in [6.07, 6.45) is 3.04. The maximum Gasteiger partial charge on any atom is 0.343 e. The van der Waals surface area contributed by atoms with E-state index in [0.717, 1.165) is 23.6 Å². The maximum atomic E-state index is 12.7. The second-order valence-electron chi connectivity index (χ2n) is 7.92. The highest BCUT2D eigenvalue weighted by Gasteiger charge is 2.21. The van der Waals surface area contributed by atoms with Crippen molar-refractivity contribution in [3.8, 4) is 17.1 Å². The van der Waals surface area contributed by atoms with Gasteiger partial charge in [-0.15, -0.1) is 0 Å². The lowest BCUT2D eigenvalue weighted by molar-refractivity contribution is 0.0526. The van der Waals surface area contributed by atoms with Crippen molar-refractivity contribution in [2.75, 3.05) is 24.4 Å². The number of nitrogens with one attached hydrogen (secondary N) is 2. The van der Waals surface area contributed by atoms with E-state index in [-0.39, 0.29) is 18.0 Å². The predicted octanol–water partition coefficient (Wildman–Crippen LogP) is 4.80. The van der Waals surface area contributed by atoms with Crippen LogP contribution in [0.3, 0.4) is 0 Å². The summed E-state index contributed by atoms with van der Waals surface area (Å²) in [5.41, 5.74) is 4.03. The third-order valence-electron chi connectivity index (χ3n) is 5.51. The van der Waals surface area contributed by atoms with Gasteiger partial charge in [0.1, 0.15) is 11.9 Å². The molecule has 202 valence electrons. The van der Waals surface area contributed by atoms with Crippen molar-refractivity contribution in [1.29, 1.82) is 0 Å². The molecule has 0 bridgehead atoms. The van der Waals surface area contributed by atoms with Crippen LogP contribution in [0.25, 0.3) is 11.4 Å². The fraction of sp³-hybridized carbons (Fsp3) is 0.385. The number of anilines is 4. The summed E-state index contributed by atoms with van der Waals surface area (Å²) in [4.78, 5) is 26.0. The highest BCUT2D eigenvalue weighted by molar-refractivity contribution is 5.96. The number of aryl methyl sites for hydroxylation is 3. The van der Waals surface area contributed by atoms with Gasteiger partial charge in [0, 0.05) is 19.8 Å². The Kier molecular flexibility index (Phi) is 9.36. The number of ether oxygens (including phenoxy) is 2. The van der Waals surface area contributed by atoms with E-state index >= 15 is 0 Å². The number of methoxy groups -OCH3 is 1. The van der Waals surface area contributed by atoms with Gasteiger partial charge in [-0.3, -0.25) is 9.36 Å². The Morgan fingerprint density at radius 1 is 1.08 bits per heavy atom. The lowest BCUT2D eigenvalue weighted by Crippen LogP contribution is -2.12. The van der Waals surface area contributed by atoms with Crippen LogP contribution >= 0.6 is 0 Å². The zero-order valence-electron chi connectivity index (χ0n) is 23.2. The number of esters is 1.